The minimum Gasteiger partial charge on any atom is -0.368 e. The van der Waals surface area contributed by atoms with E-state index in [1.54, 1.807) is 6.20 Å². The third kappa shape index (κ3) is 3.29. The Labute approximate surface area is 111 Å². The SMILES string of the molecule is NC(=O)C(N)CN(c1ccccc1)c1ccccn1. The Morgan fingerprint density at radius 2 is 1.84 bits per heavy atom. The van der Waals surface area contributed by atoms with Crippen LogP contribution in [0.5, 0.6) is 0 Å². The number of nitrogens with zero attached hydrogens (tertiary/aromatic N) is 2. The summed E-state index contributed by atoms with van der Waals surface area (Å²) in [4.78, 5) is 17.3. The number of hydrogen-bond acceptors (Lipinski definition) is 4. The lowest BCUT2D eigenvalue weighted by atomic mass is 10.2. The predicted molar refractivity (Wildman–Crippen MR) is 74.9 cm³/mol. The Morgan fingerprint density at radius 1 is 1.16 bits per heavy atom. The van der Waals surface area contributed by atoms with Gasteiger partial charge in [0.1, 0.15) is 11.9 Å². The molecule has 4 N–H and O–H groups in total. The topological polar surface area (TPSA) is 85.2 Å². The van der Waals surface area contributed by atoms with E-state index in [1.807, 2.05) is 53.4 Å². The molecule has 1 amide bonds. The molecule has 2 aromatic rings. The molecule has 0 radical (unpaired) electrons. The van der Waals surface area contributed by atoms with Gasteiger partial charge in [-0.1, -0.05) is 24.3 Å². The van der Waals surface area contributed by atoms with Gasteiger partial charge in [-0.15, -0.1) is 0 Å². The molecule has 0 saturated heterocycles. The van der Waals surface area contributed by atoms with Crippen LogP contribution in [0.4, 0.5) is 11.5 Å². The van der Waals surface area contributed by atoms with Crippen molar-refractivity contribution in [1.82, 2.24) is 4.98 Å². The number of amides is 1. The van der Waals surface area contributed by atoms with Crippen LogP contribution in [-0.4, -0.2) is 23.5 Å². The van der Waals surface area contributed by atoms with Crippen LogP contribution in [0.15, 0.2) is 54.7 Å². The van der Waals surface area contributed by atoms with Gasteiger partial charge in [0.2, 0.25) is 5.91 Å². The van der Waals surface area contributed by atoms with Gasteiger partial charge in [0.25, 0.3) is 0 Å². The summed E-state index contributed by atoms with van der Waals surface area (Å²) < 4.78 is 0. The normalized spacial score (nSPS) is 11.8. The predicted octanol–water partition coefficient (Wildman–Crippen LogP) is 1.03. The number of nitrogens with two attached hydrogens (primary N) is 2. The number of hydrogen-bond donors (Lipinski definition) is 2. The number of pyridine rings is 1. The molecule has 19 heavy (non-hydrogen) atoms. The highest BCUT2D eigenvalue weighted by atomic mass is 16.1. The van der Waals surface area contributed by atoms with Crippen LogP contribution in [0.3, 0.4) is 0 Å². The molecule has 1 atom stereocenters. The van der Waals surface area contributed by atoms with Gasteiger partial charge in [-0.3, -0.25) is 4.79 Å². The fourth-order valence-corrected chi connectivity index (χ4v) is 1.74. The van der Waals surface area contributed by atoms with Crippen molar-refractivity contribution in [1.29, 1.82) is 0 Å². The highest BCUT2D eigenvalue weighted by Gasteiger charge is 2.17. The van der Waals surface area contributed by atoms with Crippen LogP contribution in [-0.2, 0) is 4.79 Å². The zero-order valence-corrected chi connectivity index (χ0v) is 10.4. The summed E-state index contributed by atoms with van der Waals surface area (Å²) in [5.74, 6) is 0.197. The van der Waals surface area contributed by atoms with Gasteiger partial charge in [0, 0.05) is 18.4 Å². The highest BCUT2D eigenvalue weighted by Crippen LogP contribution is 2.22. The van der Waals surface area contributed by atoms with Crippen molar-refractivity contribution in [2.75, 3.05) is 11.4 Å². The Kier molecular flexibility index (Phi) is 4.10. The maximum absolute atomic E-state index is 11.1. The van der Waals surface area contributed by atoms with Crippen LogP contribution < -0.4 is 16.4 Å². The second-order valence-electron chi connectivity index (χ2n) is 4.14. The summed E-state index contributed by atoms with van der Waals surface area (Å²) >= 11 is 0. The number of carbonyl (C=O) groups excluding carboxylic acids is 1. The van der Waals surface area contributed by atoms with Crippen molar-refractivity contribution in [3.63, 3.8) is 0 Å². The number of rotatable bonds is 5. The Hall–Kier alpha value is -2.40. The molecule has 2 rings (SSSR count). The molecule has 0 saturated carbocycles. The lowest BCUT2D eigenvalue weighted by Gasteiger charge is -2.25. The van der Waals surface area contributed by atoms with Gasteiger partial charge < -0.3 is 16.4 Å². The van der Waals surface area contributed by atoms with E-state index in [1.165, 1.54) is 0 Å². The molecule has 0 fully saturated rings. The van der Waals surface area contributed by atoms with E-state index in [4.69, 9.17) is 11.5 Å². The fourth-order valence-electron chi connectivity index (χ4n) is 1.74. The van der Waals surface area contributed by atoms with E-state index >= 15 is 0 Å². The molecule has 5 heteroatoms. The molecule has 1 heterocycles. The van der Waals surface area contributed by atoms with Crippen LogP contribution in [0.1, 0.15) is 0 Å². The van der Waals surface area contributed by atoms with E-state index in [0.29, 0.717) is 0 Å². The summed E-state index contributed by atoms with van der Waals surface area (Å²) in [6.07, 6.45) is 1.70. The van der Waals surface area contributed by atoms with E-state index in [-0.39, 0.29) is 6.54 Å². The van der Waals surface area contributed by atoms with E-state index < -0.39 is 11.9 Å². The molecule has 1 unspecified atom stereocenters. The second-order valence-corrected chi connectivity index (χ2v) is 4.14. The molecular weight excluding hydrogens is 240 g/mol. The number of aromatic nitrogens is 1. The summed E-state index contributed by atoms with van der Waals surface area (Å²) in [7, 11) is 0. The standard InChI is InChI=1S/C14H16N4O/c15-12(14(16)19)10-18(11-6-2-1-3-7-11)13-8-4-5-9-17-13/h1-9,12H,10,15H2,(H2,16,19). The molecule has 0 aliphatic carbocycles. The van der Waals surface area contributed by atoms with Crippen molar-refractivity contribution in [3.05, 3.63) is 54.7 Å². The maximum Gasteiger partial charge on any atom is 0.236 e. The quantitative estimate of drug-likeness (QED) is 0.836. The summed E-state index contributed by atoms with van der Waals surface area (Å²) in [5.41, 5.74) is 11.9. The van der Waals surface area contributed by atoms with Crippen molar-refractivity contribution < 1.29 is 4.79 Å². The summed E-state index contributed by atoms with van der Waals surface area (Å²) in [5, 5.41) is 0. The number of primary amides is 1. The summed E-state index contributed by atoms with van der Waals surface area (Å²) in [6.45, 7) is 0.288. The first-order chi connectivity index (χ1) is 9.18. The second kappa shape index (κ2) is 5.97. The molecule has 1 aromatic heterocycles. The lowest BCUT2D eigenvalue weighted by molar-refractivity contribution is -0.119. The number of benzene rings is 1. The third-order valence-electron chi connectivity index (χ3n) is 2.74. The number of para-hydroxylation sites is 1. The molecule has 0 aliphatic heterocycles. The highest BCUT2D eigenvalue weighted by molar-refractivity contribution is 5.81. The molecule has 0 spiro atoms. The number of anilines is 2. The minimum atomic E-state index is -0.748. The zero-order valence-electron chi connectivity index (χ0n) is 10.4. The van der Waals surface area contributed by atoms with E-state index in [2.05, 4.69) is 4.98 Å². The summed E-state index contributed by atoms with van der Waals surface area (Å²) in [6, 6.07) is 14.5. The van der Waals surface area contributed by atoms with E-state index in [0.717, 1.165) is 11.5 Å². The van der Waals surface area contributed by atoms with Gasteiger partial charge in [0.15, 0.2) is 0 Å². The van der Waals surface area contributed by atoms with Gasteiger partial charge in [-0.2, -0.15) is 0 Å². The molecule has 1 aromatic carbocycles. The average molecular weight is 256 g/mol. The fraction of sp³-hybridized carbons (Fsp3) is 0.143. The molecule has 0 bridgehead atoms. The molecule has 5 nitrogen and oxygen atoms in total. The molecule has 0 aliphatic rings. The largest absolute Gasteiger partial charge is 0.368 e. The average Bonchev–Trinajstić information content (AvgIpc) is 2.46. The van der Waals surface area contributed by atoms with Gasteiger partial charge in [0.05, 0.1) is 0 Å². The first-order valence-electron chi connectivity index (χ1n) is 5.97. The lowest BCUT2D eigenvalue weighted by Crippen LogP contribution is -2.44. The smallest absolute Gasteiger partial charge is 0.236 e. The Balaban J connectivity index is 2.32. The van der Waals surface area contributed by atoms with Gasteiger partial charge in [-0.25, -0.2) is 4.98 Å². The van der Waals surface area contributed by atoms with Gasteiger partial charge in [-0.05, 0) is 24.3 Å². The maximum atomic E-state index is 11.1. The Bertz CT molecular complexity index is 490. The van der Waals surface area contributed by atoms with Gasteiger partial charge >= 0.3 is 0 Å². The van der Waals surface area contributed by atoms with Crippen LogP contribution in [0, 0.1) is 0 Å². The molecular formula is C14H16N4O. The van der Waals surface area contributed by atoms with Crippen LogP contribution in [0.25, 0.3) is 0 Å². The minimum absolute atomic E-state index is 0.288. The van der Waals surface area contributed by atoms with Crippen LogP contribution >= 0.6 is 0 Å². The zero-order chi connectivity index (χ0) is 13.7. The first-order valence-corrected chi connectivity index (χ1v) is 5.97. The van der Waals surface area contributed by atoms with Crippen molar-refractivity contribution in [3.8, 4) is 0 Å². The monoisotopic (exact) mass is 256 g/mol. The number of carbonyl (C=O) groups is 1. The Morgan fingerprint density at radius 3 is 2.42 bits per heavy atom. The van der Waals surface area contributed by atoms with Crippen molar-refractivity contribution in [2.24, 2.45) is 11.5 Å². The van der Waals surface area contributed by atoms with Crippen molar-refractivity contribution >= 4 is 17.4 Å². The third-order valence-corrected chi connectivity index (χ3v) is 2.74. The first kappa shape index (κ1) is 13.0. The molecule has 98 valence electrons. The van der Waals surface area contributed by atoms with Crippen molar-refractivity contribution in [2.45, 2.75) is 6.04 Å². The van der Waals surface area contributed by atoms with Crippen LogP contribution in [0.2, 0.25) is 0 Å². The van der Waals surface area contributed by atoms with E-state index in [9.17, 15) is 4.79 Å².